The number of hydrogen-bond donors (Lipinski definition) is 0. The molecular formula is C11H13ClO. The second kappa shape index (κ2) is 3.69. The van der Waals surface area contributed by atoms with Gasteiger partial charge in [0.15, 0.2) is 0 Å². The van der Waals surface area contributed by atoms with E-state index in [-0.39, 0.29) is 11.5 Å². The van der Waals surface area contributed by atoms with Gasteiger partial charge in [0.2, 0.25) is 0 Å². The zero-order valence-corrected chi connectivity index (χ0v) is 8.42. The lowest BCUT2D eigenvalue weighted by Gasteiger charge is -2.28. The Bertz CT molecular complexity index is 298. The van der Waals surface area contributed by atoms with Crippen LogP contribution in [0.25, 0.3) is 0 Å². The van der Waals surface area contributed by atoms with Gasteiger partial charge >= 0.3 is 0 Å². The van der Waals surface area contributed by atoms with E-state index in [4.69, 9.17) is 16.3 Å². The Balaban J connectivity index is 2.42. The summed E-state index contributed by atoms with van der Waals surface area (Å²) in [7, 11) is 0. The molecule has 0 bridgehead atoms. The van der Waals surface area contributed by atoms with Crippen molar-refractivity contribution >= 4 is 11.6 Å². The highest BCUT2D eigenvalue weighted by Gasteiger charge is 2.24. The van der Waals surface area contributed by atoms with Gasteiger partial charge < -0.3 is 4.74 Å². The predicted molar refractivity (Wildman–Crippen MR) is 54.0 cm³/mol. The van der Waals surface area contributed by atoms with E-state index in [9.17, 15) is 0 Å². The third-order valence-corrected chi connectivity index (χ3v) is 2.86. The normalized spacial score (nSPS) is 26.9. The van der Waals surface area contributed by atoms with Gasteiger partial charge in [0, 0.05) is 0 Å². The number of benzene rings is 1. The summed E-state index contributed by atoms with van der Waals surface area (Å²) in [5.41, 5.74) is 2.50. The first-order valence-corrected chi connectivity index (χ1v) is 5.11. The van der Waals surface area contributed by atoms with Crippen LogP contribution in [0.15, 0.2) is 24.3 Å². The number of alkyl halides is 1. The standard InChI is InChI=1S/C11H13ClO/c1-2-11-9-6-4-3-5-8(9)10(12)7-13-11/h3-6,10-11H,2,7H2,1H3/t10-,11?/m1/s1. The summed E-state index contributed by atoms with van der Waals surface area (Å²) in [6, 6.07) is 8.28. The zero-order chi connectivity index (χ0) is 9.26. The fourth-order valence-corrected chi connectivity index (χ4v) is 2.08. The van der Waals surface area contributed by atoms with Gasteiger partial charge in [-0.1, -0.05) is 31.2 Å². The summed E-state index contributed by atoms with van der Waals surface area (Å²) in [4.78, 5) is 0. The van der Waals surface area contributed by atoms with Crippen molar-refractivity contribution in [1.29, 1.82) is 0 Å². The molecule has 0 saturated carbocycles. The first-order chi connectivity index (χ1) is 6.33. The van der Waals surface area contributed by atoms with Crippen molar-refractivity contribution in [1.82, 2.24) is 0 Å². The first-order valence-electron chi connectivity index (χ1n) is 4.67. The SMILES string of the molecule is CCC1OC[C@@H](Cl)c2ccccc21. The Morgan fingerprint density at radius 2 is 2.08 bits per heavy atom. The summed E-state index contributed by atoms with van der Waals surface area (Å²) in [5.74, 6) is 0. The van der Waals surface area contributed by atoms with Crippen LogP contribution < -0.4 is 0 Å². The molecule has 0 radical (unpaired) electrons. The molecule has 13 heavy (non-hydrogen) atoms. The predicted octanol–water partition coefficient (Wildman–Crippen LogP) is 3.45. The number of ether oxygens (including phenoxy) is 1. The van der Waals surface area contributed by atoms with Crippen molar-refractivity contribution in [2.75, 3.05) is 6.61 Å². The maximum Gasteiger partial charge on any atom is 0.0826 e. The number of fused-ring (bicyclic) bond motifs is 1. The second-order valence-electron chi connectivity index (χ2n) is 3.33. The Labute approximate surface area is 83.7 Å². The fraction of sp³-hybridized carbons (Fsp3) is 0.455. The van der Waals surface area contributed by atoms with E-state index in [0.29, 0.717) is 6.61 Å². The Kier molecular flexibility index (Phi) is 2.56. The summed E-state index contributed by atoms with van der Waals surface area (Å²) in [5, 5.41) is 0.0269. The van der Waals surface area contributed by atoms with E-state index in [2.05, 4.69) is 19.1 Å². The van der Waals surface area contributed by atoms with Crippen molar-refractivity contribution in [2.45, 2.75) is 24.8 Å². The smallest absolute Gasteiger partial charge is 0.0826 e. The van der Waals surface area contributed by atoms with E-state index in [1.807, 2.05) is 12.1 Å². The Morgan fingerprint density at radius 3 is 2.77 bits per heavy atom. The van der Waals surface area contributed by atoms with E-state index in [1.165, 1.54) is 11.1 Å². The maximum absolute atomic E-state index is 6.14. The van der Waals surface area contributed by atoms with Crippen LogP contribution in [-0.2, 0) is 4.74 Å². The highest BCUT2D eigenvalue weighted by atomic mass is 35.5. The molecular weight excluding hydrogens is 184 g/mol. The lowest BCUT2D eigenvalue weighted by molar-refractivity contribution is 0.0373. The minimum absolute atomic E-state index is 0.0269. The van der Waals surface area contributed by atoms with Crippen molar-refractivity contribution < 1.29 is 4.74 Å². The van der Waals surface area contributed by atoms with Gasteiger partial charge in [0.1, 0.15) is 0 Å². The van der Waals surface area contributed by atoms with Crippen LogP contribution in [0.5, 0.6) is 0 Å². The highest BCUT2D eigenvalue weighted by Crippen LogP contribution is 2.36. The molecule has 1 heterocycles. The molecule has 0 aliphatic carbocycles. The Morgan fingerprint density at radius 1 is 1.38 bits per heavy atom. The molecule has 1 nitrogen and oxygen atoms in total. The fourth-order valence-electron chi connectivity index (χ4n) is 1.81. The maximum atomic E-state index is 6.14. The van der Waals surface area contributed by atoms with E-state index in [0.717, 1.165) is 6.42 Å². The molecule has 0 amide bonds. The molecule has 1 aromatic rings. The molecule has 2 rings (SSSR count). The molecule has 1 aromatic carbocycles. The van der Waals surface area contributed by atoms with Crippen molar-refractivity contribution in [3.8, 4) is 0 Å². The van der Waals surface area contributed by atoms with Gasteiger partial charge in [0.25, 0.3) is 0 Å². The molecule has 0 spiro atoms. The molecule has 1 aliphatic rings. The molecule has 2 heteroatoms. The van der Waals surface area contributed by atoms with Crippen molar-refractivity contribution in [3.05, 3.63) is 35.4 Å². The van der Waals surface area contributed by atoms with E-state index >= 15 is 0 Å². The molecule has 0 aromatic heterocycles. The van der Waals surface area contributed by atoms with Gasteiger partial charge in [-0.2, -0.15) is 0 Å². The molecule has 1 aliphatic heterocycles. The van der Waals surface area contributed by atoms with Crippen LogP contribution in [0.2, 0.25) is 0 Å². The lowest BCUT2D eigenvalue weighted by atomic mass is 9.96. The van der Waals surface area contributed by atoms with Crippen molar-refractivity contribution in [2.24, 2.45) is 0 Å². The van der Waals surface area contributed by atoms with Gasteiger partial charge in [-0.25, -0.2) is 0 Å². The van der Waals surface area contributed by atoms with E-state index < -0.39 is 0 Å². The highest BCUT2D eigenvalue weighted by molar-refractivity contribution is 6.21. The van der Waals surface area contributed by atoms with Crippen LogP contribution in [0.4, 0.5) is 0 Å². The van der Waals surface area contributed by atoms with Crippen LogP contribution in [-0.4, -0.2) is 6.61 Å². The first kappa shape index (κ1) is 9.04. The summed E-state index contributed by atoms with van der Waals surface area (Å²) >= 11 is 6.14. The average Bonchev–Trinajstić information content (AvgIpc) is 2.19. The second-order valence-corrected chi connectivity index (χ2v) is 3.85. The number of halogens is 1. The Hall–Kier alpha value is -0.530. The van der Waals surface area contributed by atoms with Crippen LogP contribution >= 0.6 is 11.6 Å². The summed E-state index contributed by atoms with van der Waals surface area (Å²) in [6.45, 7) is 2.77. The molecule has 70 valence electrons. The van der Waals surface area contributed by atoms with Gasteiger partial charge in [-0.05, 0) is 17.5 Å². The quantitative estimate of drug-likeness (QED) is 0.626. The molecule has 0 N–H and O–H groups in total. The largest absolute Gasteiger partial charge is 0.372 e. The molecule has 2 atom stereocenters. The third kappa shape index (κ3) is 1.59. The molecule has 0 fully saturated rings. The van der Waals surface area contributed by atoms with Gasteiger partial charge in [0.05, 0.1) is 18.1 Å². The summed E-state index contributed by atoms with van der Waals surface area (Å²) in [6.07, 6.45) is 1.26. The number of rotatable bonds is 1. The van der Waals surface area contributed by atoms with Gasteiger partial charge in [-0.3, -0.25) is 0 Å². The summed E-state index contributed by atoms with van der Waals surface area (Å²) < 4.78 is 5.63. The van der Waals surface area contributed by atoms with E-state index in [1.54, 1.807) is 0 Å². The monoisotopic (exact) mass is 196 g/mol. The van der Waals surface area contributed by atoms with Crippen LogP contribution in [0.1, 0.15) is 36.0 Å². The third-order valence-electron chi connectivity index (χ3n) is 2.49. The van der Waals surface area contributed by atoms with Gasteiger partial charge in [-0.15, -0.1) is 11.6 Å². The minimum atomic E-state index is 0.0269. The van der Waals surface area contributed by atoms with Crippen molar-refractivity contribution in [3.63, 3.8) is 0 Å². The van der Waals surface area contributed by atoms with Crippen LogP contribution in [0.3, 0.4) is 0 Å². The number of hydrogen-bond acceptors (Lipinski definition) is 1. The minimum Gasteiger partial charge on any atom is -0.372 e. The molecule has 1 unspecified atom stereocenters. The zero-order valence-electron chi connectivity index (χ0n) is 7.66. The topological polar surface area (TPSA) is 9.23 Å². The molecule has 0 saturated heterocycles. The van der Waals surface area contributed by atoms with Crippen LogP contribution in [0, 0.1) is 0 Å². The average molecular weight is 197 g/mol. The lowest BCUT2D eigenvalue weighted by Crippen LogP contribution is -2.17.